The van der Waals surface area contributed by atoms with Gasteiger partial charge in [-0.3, -0.25) is 33.6 Å². The monoisotopic (exact) mass is 963 g/mol. The first kappa shape index (κ1) is 51.6. The molecule has 1 aliphatic carbocycles. The first-order valence-corrected chi connectivity index (χ1v) is 23.8. The van der Waals surface area contributed by atoms with Crippen molar-refractivity contribution in [2.24, 2.45) is 11.7 Å². The largest absolute Gasteiger partial charge is 0.507 e. The van der Waals surface area contributed by atoms with Crippen LogP contribution in [0, 0.1) is 5.92 Å². The number of fused-ring (bicyclic) bond motifs is 5. The molecule has 4 aromatic carbocycles. The second-order valence-corrected chi connectivity index (χ2v) is 18.5. The summed E-state index contributed by atoms with van der Waals surface area (Å²) >= 11 is 6.06. The molecule has 6 amide bonds. The summed E-state index contributed by atoms with van der Waals surface area (Å²) < 4.78 is 0. The van der Waals surface area contributed by atoms with Crippen LogP contribution in [0.3, 0.4) is 0 Å². The number of hydrogen-bond acceptors (Lipinski definition) is 10. The standard InChI is InChI=1S/C52H62ClN7O9/c1-6-31-10-21-42(45(63)27-31)59(4)51(68)30(3)56-49(66)41-26-32-11-22-43(61)38(25-32)39-28-36(18-23-44(39)62)46(50(67)55-29(2)47(64)58-41)60(5)52(69)40(9-7-8-24-54)57-48(65)35-14-12-33(13-15-35)34-16-19-37(53)20-17-34/h11-20,22-23,25,28-31,40-42,46,61-62H,6-10,21,24,26-27,54H2,1-5H3,(H,55,67)(H,56,66)(H,57,65)(H,58,64). The topological polar surface area (TPSA) is 241 Å². The number of ketones is 1. The number of aromatic hydroxyl groups is 2. The van der Waals surface area contributed by atoms with Gasteiger partial charge in [0, 0.05) is 48.6 Å². The number of rotatable bonds is 14. The van der Waals surface area contributed by atoms with Gasteiger partial charge in [-0.15, -0.1) is 0 Å². The molecule has 8 N–H and O–H groups in total. The zero-order chi connectivity index (χ0) is 50.1. The molecule has 16 nitrogen and oxygen atoms in total. The number of amides is 6. The molecule has 17 heteroatoms. The average molecular weight is 965 g/mol. The number of likely N-dealkylation sites (N-methyl/N-ethyl adjacent to an activating group) is 2. The summed E-state index contributed by atoms with van der Waals surface area (Å²) in [5.41, 5.74) is 8.70. The fraction of sp³-hybridized carbons (Fsp3) is 0.404. The predicted molar refractivity (Wildman–Crippen MR) is 262 cm³/mol. The molecule has 0 saturated heterocycles. The van der Waals surface area contributed by atoms with E-state index in [9.17, 15) is 43.8 Å². The third-order valence-corrected chi connectivity index (χ3v) is 13.5. The van der Waals surface area contributed by atoms with Crippen LogP contribution in [0.5, 0.6) is 11.5 Å². The highest BCUT2D eigenvalue weighted by atomic mass is 35.5. The second kappa shape index (κ2) is 23.0. The number of carbonyl (C=O) groups is 7. The predicted octanol–water partition coefficient (Wildman–Crippen LogP) is 5.17. The van der Waals surface area contributed by atoms with Crippen molar-refractivity contribution in [1.82, 2.24) is 31.1 Å². The molecule has 1 fully saturated rings. The van der Waals surface area contributed by atoms with E-state index in [-0.39, 0.29) is 58.3 Å². The molecule has 69 heavy (non-hydrogen) atoms. The lowest BCUT2D eigenvalue weighted by molar-refractivity contribution is -0.143. The molecule has 0 aromatic heterocycles. The lowest BCUT2D eigenvalue weighted by Crippen LogP contribution is -2.58. The molecule has 7 unspecified atom stereocenters. The summed E-state index contributed by atoms with van der Waals surface area (Å²) in [6.07, 6.45) is 3.61. The van der Waals surface area contributed by atoms with Crippen LogP contribution in [0.2, 0.25) is 5.02 Å². The van der Waals surface area contributed by atoms with Gasteiger partial charge >= 0.3 is 0 Å². The SMILES string of the molecule is CCC1CCC(N(C)C(=O)C(C)NC(=O)C2Cc3ccc(O)c(c3)-c3cc(ccc3O)C(N(C)C(=O)C(CCCCN)NC(=O)c3ccc(-c4ccc(Cl)cc4)cc3)C(=O)NC(C)C(=O)N2)C(=O)C1. The highest BCUT2D eigenvalue weighted by Crippen LogP contribution is 2.39. The molecule has 2 aliphatic rings. The number of nitrogens with zero attached hydrogens (tertiary/aromatic N) is 2. The summed E-state index contributed by atoms with van der Waals surface area (Å²) in [6.45, 7) is 5.27. The highest BCUT2D eigenvalue weighted by Gasteiger charge is 2.38. The Morgan fingerprint density at radius 2 is 1.42 bits per heavy atom. The van der Waals surface area contributed by atoms with Gasteiger partial charge in [-0.1, -0.05) is 61.3 Å². The number of benzene rings is 4. The molecular weight excluding hydrogens is 902 g/mol. The molecule has 1 heterocycles. The number of phenolic OH excluding ortho intramolecular Hbond substituents is 2. The number of Topliss-reactive ketones (excluding diaryl/α,β-unsaturated/α-hetero) is 1. The van der Waals surface area contributed by atoms with Crippen LogP contribution in [0.1, 0.15) is 93.2 Å². The van der Waals surface area contributed by atoms with Crippen LogP contribution in [-0.4, -0.2) is 112 Å². The molecular formula is C52H62ClN7O9. The Kier molecular flexibility index (Phi) is 17.2. The molecule has 7 atom stereocenters. The van der Waals surface area contributed by atoms with Gasteiger partial charge in [-0.25, -0.2) is 0 Å². The van der Waals surface area contributed by atoms with Gasteiger partial charge in [0.1, 0.15) is 41.7 Å². The summed E-state index contributed by atoms with van der Waals surface area (Å²) in [5, 5.41) is 33.9. The summed E-state index contributed by atoms with van der Waals surface area (Å²) in [5.74, 6) is -4.24. The van der Waals surface area contributed by atoms with Crippen molar-refractivity contribution >= 4 is 52.8 Å². The Labute approximate surface area is 407 Å². The Hall–Kier alpha value is -6.78. The zero-order valence-electron chi connectivity index (χ0n) is 39.6. The minimum atomic E-state index is -1.46. The molecule has 1 aliphatic heterocycles. The van der Waals surface area contributed by atoms with Crippen LogP contribution < -0.4 is 27.0 Å². The third-order valence-electron chi connectivity index (χ3n) is 13.2. The maximum absolute atomic E-state index is 14.7. The second-order valence-electron chi connectivity index (χ2n) is 18.1. The average Bonchev–Trinajstić information content (AvgIpc) is 3.33. The lowest BCUT2D eigenvalue weighted by atomic mass is 9.83. The van der Waals surface area contributed by atoms with Gasteiger partial charge < -0.3 is 47.0 Å². The van der Waals surface area contributed by atoms with E-state index in [1.807, 2.05) is 19.1 Å². The first-order valence-electron chi connectivity index (χ1n) is 23.4. The van der Waals surface area contributed by atoms with Crippen molar-refractivity contribution in [3.8, 4) is 33.8 Å². The van der Waals surface area contributed by atoms with Crippen LogP contribution in [-0.2, 0) is 35.2 Å². The van der Waals surface area contributed by atoms with E-state index in [0.29, 0.717) is 42.8 Å². The van der Waals surface area contributed by atoms with Gasteiger partial charge in [0.05, 0.1) is 6.04 Å². The lowest BCUT2D eigenvalue weighted by Gasteiger charge is -2.34. The number of nitrogens with two attached hydrogens (primary N) is 1. The molecule has 1 saturated carbocycles. The van der Waals surface area contributed by atoms with E-state index < -0.39 is 71.7 Å². The number of carbonyl (C=O) groups excluding carboxylic acids is 7. The van der Waals surface area contributed by atoms with E-state index in [4.69, 9.17) is 17.3 Å². The van der Waals surface area contributed by atoms with Gasteiger partial charge in [-0.2, -0.15) is 0 Å². The quantitative estimate of drug-likeness (QED) is 0.0819. The van der Waals surface area contributed by atoms with E-state index in [1.165, 1.54) is 63.2 Å². The van der Waals surface area contributed by atoms with Gasteiger partial charge in [0.25, 0.3) is 5.91 Å². The molecule has 0 spiro atoms. The first-order chi connectivity index (χ1) is 32.9. The Morgan fingerprint density at radius 1 is 0.783 bits per heavy atom. The van der Waals surface area contributed by atoms with Crippen LogP contribution in [0.4, 0.5) is 0 Å². The van der Waals surface area contributed by atoms with Crippen molar-refractivity contribution in [2.75, 3.05) is 20.6 Å². The van der Waals surface area contributed by atoms with Crippen molar-refractivity contribution in [3.05, 3.63) is 107 Å². The number of unbranched alkanes of at least 4 members (excludes halogenated alkanes) is 1. The van der Waals surface area contributed by atoms with E-state index in [1.54, 1.807) is 42.5 Å². The Balaban J connectivity index is 1.27. The minimum absolute atomic E-state index is 0.0310. The van der Waals surface area contributed by atoms with E-state index >= 15 is 0 Å². The molecule has 4 aromatic rings. The van der Waals surface area contributed by atoms with Crippen LogP contribution in [0.15, 0.2) is 84.9 Å². The maximum atomic E-state index is 14.7. The summed E-state index contributed by atoms with van der Waals surface area (Å²) in [7, 11) is 2.93. The van der Waals surface area contributed by atoms with Gasteiger partial charge in [-0.05, 0) is 129 Å². The normalized spacial score (nSPS) is 20.3. The summed E-state index contributed by atoms with van der Waals surface area (Å²) in [4.78, 5) is 100. The van der Waals surface area contributed by atoms with Crippen LogP contribution >= 0.6 is 11.6 Å². The fourth-order valence-corrected chi connectivity index (χ4v) is 9.13. The van der Waals surface area contributed by atoms with E-state index in [0.717, 1.165) is 28.9 Å². The molecule has 0 radical (unpaired) electrons. The Bertz CT molecular complexity index is 2550. The molecule has 366 valence electrons. The number of hydrogen-bond donors (Lipinski definition) is 7. The van der Waals surface area contributed by atoms with Crippen molar-refractivity contribution < 1.29 is 43.8 Å². The fourth-order valence-electron chi connectivity index (χ4n) is 9.01. The zero-order valence-corrected chi connectivity index (χ0v) is 40.3. The number of nitrogens with one attached hydrogen (secondary N) is 4. The van der Waals surface area contributed by atoms with Gasteiger partial charge in [0.2, 0.25) is 29.5 Å². The third kappa shape index (κ3) is 12.5. The van der Waals surface area contributed by atoms with Crippen molar-refractivity contribution in [1.29, 1.82) is 0 Å². The smallest absolute Gasteiger partial charge is 0.251 e. The van der Waals surface area contributed by atoms with Crippen molar-refractivity contribution in [2.45, 2.75) is 108 Å². The summed E-state index contributed by atoms with van der Waals surface area (Å²) in [6, 6.07) is 15.9. The number of halogens is 1. The van der Waals surface area contributed by atoms with Crippen molar-refractivity contribution in [3.63, 3.8) is 0 Å². The number of phenols is 2. The highest BCUT2D eigenvalue weighted by molar-refractivity contribution is 6.30. The van der Waals surface area contributed by atoms with Gasteiger partial charge in [0.15, 0.2) is 5.78 Å². The Morgan fingerprint density at radius 3 is 2.06 bits per heavy atom. The van der Waals surface area contributed by atoms with Crippen LogP contribution in [0.25, 0.3) is 22.3 Å². The molecule has 6 rings (SSSR count). The maximum Gasteiger partial charge on any atom is 0.251 e. The minimum Gasteiger partial charge on any atom is -0.507 e. The van der Waals surface area contributed by atoms with E-state index in [2.05, 4.69) is 21.3 Å². The molecule has 4 bridgehead atoms.